The van der Waals surface area contributed by atoms with E-state index in [1.165, 1.54) is 21.4 Å². The molecule has 1 aromatic heterocycles. The number of carbonyl (C=O) groups excluding carboxylic acids is 1. The molecule has 0 bridgehead atoms. The van der Waals surface area contributed by atoms with E-state index in [-0.39, 0.29) is 28.6 Å². The number of aromatic nitrogens is 2. The molecule has 3 heterocycles. The summed E-state index contributed by atoms with van der Waals surface area (Å²) in [5.74, 6) is 0.283. The molecule has 4 rings (SSSR count). The highest BCUT2D eigenvalue weighted by Crippen LogP contribution is 2.28. The Morgan fingerprint density at radius 1 is 1.23 bits per heavy atom. The normalized spacial score (nSPS) is 20.4. The van der Waals surface area contributed by atoms with Gasteiger partial charge in [0.05, 0.1) is 12.8 Å². The molecule has 0 saturated carbocycles. The molecule has 2 saturated heterocycles. The van der Waals surface area contributed by atoms with Gasteiger partial charge >= 0.3 is 6.03 Å². The highest BCUT2D eigenvalue weighted by Gasteiger charge is 2.36. The number of piperidine rings is 1. The van der Waals surface area contributed by atoms with Crippen LogP contribution >= 0.6 is 0 Å². The first-order valence-electron chi connectivity index (χ1n) is 11.7. The molecule has 12 heteroatoms. The van der Waals surface area contributed by atoms with Crippen LogP contribution < -0.4 is 10.6 Å². The largest absolute Gasteiger partial charge is 0.384 e. The summed E-state index contributed by atoms with van der Waals surface area (Å²) < 4.78 is 34.2. The molecule has 0 aliphatic carbocycles. The van der Waals surface area contributed by atoms with Crippen LogP contribution in [0.4, 0.5) is 10.5 Å². The van der Waals surface area contributed by atoms with E-state index in [0.29, 0.717) is 63.4 Å². The van der Waals surface area contributed by atoms with Crippen LogP contribution in [-0.4, -0.2) is 85.7 Å². The summed E-state index contributed by atoms with van der Waals surface area (Å²) >= 11 is 0. The predicted octanol–water partition coefficient (Wildman–Crippen LogP) is 1.31. The Labute approximate surface area is 206 Å². The fourth-order valence-corrected chi connectivity index (χ4v) is 6.29. The van der Waals surface area contributed by atoms with Gasteiger partial charge in [-0.15, -0.1) is 0 Å². The number of anilines is 1. The third-order valence-electron chi connectivity index (χ3n) is 6.66. The second kappa shape index (κ2) is 10.3. The van der Waals surface area contributed by atoms with Gasteiger partial charge in [0.2, 0.25) is 10.0 Å². The number of rotatable bonds is 8. The molecule has 1 aromatic carbocycles. The zero-order chi connectivity index (χ0) is 25.2. The Balaban J connectivity index is 1.44. The minimum atomic E-state index is -3.56. The summed E-state index contributed by atoms with van der Waals surface area (Å²) in [6.07, 6.45) is 4.25. The summed E-state index contributed by atoms with van der Waals surface area (Å²) in [6, 6.07) is 7.05. The van der Waals surface area contributed by atoms with Crippen LogP contribution in [0.2, 0.25) is 0 Å². The second-order valence-corrected chi connectivity index (χ2v) is 11.2. The Kier molecular flexibility index (Phi) is 7.43. The Morgan fingerprint density at radius 3 is 2.60 bits per heavy atom. The van der Waals surface area contributed by atoms with Gasteiger partial charge in [-0.3, -0.25) is 15.0 Å². The molecule has 3 N–H and O–H groups in total. The molecule has 2 aromatic rings. The summed E-state index contributed by atoms with van der Waals surface area (Å²) in [7, 11) is -0.219. The van der Waals surface area contributed by atoms with Gasteiger partial charge in [0.15, 0.2) is 0 Å². The number of sulfonamides is 1. The van der Waals surface area contributed by atoms with E-state index in [2.05, 4.69) is 5.10 Å². The van der Waals surface area contributed by atoms with Gasteiger partial charge < -0.3 is 15.4 Å². The highest BCUT2D eigenvalue weighted by molar-refractivity contribution is 7.89. The van der Waals surface area contributed by atoms with Gasteiger partial charge in [0, 0.05) is 70.2 Å². The quantitative estimate of drug-likeness (QED) is 0.412. The minimum Gasteiger partial charge on any atom is -0.384 e. The molecule has 0 spiro atoms. The lowest BCUT2D eigenvalue weighted by molar-refractivity contribution is 0.105. The first kappa shape index (κ1) is 25.1. The minimum absolute atomic E-state index is 0.0467. The summed E-state index contributed by atoms with van der Waals surface area (Å²) in [5.41, 5.74) is 6.92. The number of ether oxygens (including phenoxy) is 1. The number of methoxy groups -OCH3 is 1. The SMILES string of the molecule is COCC1CN(CC2CCN(S(=O)(=O)c3cnn(C)c3)CC2)C(=O)N(c2cccc(C(=N)N)c2)C1. The van der Waals surface area contributed by atoms with E-state index in [4.69, 9.17) is 15.9 Å². The van der Waals surface area contributed by atoms with Crippen LogP contribution in [0, 0.1) is 17.2 Å². The molecule has 2 aliphatic rings. The van der Waals surface area contributed by atoms with E-state index in [9.17, 15) is 13.2 Å². The molecule has 2 aliphatic heterocycles. The molecule has 1 atom stereocenters. The fraction of sp³-hybridized carbons (Fsp3) is 0.522. The van der Waals surface area contributed by atoms with Gasteiger partial charge in [-0.25, -0.2) is 13.2 Å². The number of benzene rings is 1. The maximum absolute atomic E-state index is 13.5. The van der Waals surface area contributed by atoms with Crippen LogP contribution in [0.25, 0.3) is 0 Å². The monoisotopic (exact) mass is 503 g/mol. The molecule has 2 amide bonds. The first-order valence-corrected chi connectivity index (χ1v) is 13.1. The topological polar surface area (TPSA) is 138 Å². The maximum atomic E-state index is 13.5. The van der Waals surface area contributed by atoms with Crippen LogP contribution in [0.3, 0.4) is 0 Å². The zero-order valence-corrected chi connectivity index (χ0v) is 20.9. The molecule has 190 valence electrons. The number of nitrogen functional groups attached to an aromatic ring is 1. The van der Waals surface area contributed by atoms with Crippen molar-refractivity contribution in [3.05, 3.63) is 42.2 Å². The first-order chi connectivity index (χ1) is 16.7. The number of urea groups is 1. The van der Waals surface area contributed by atoms with Crippen molar-refractivity contribution in [2.24, 2.45) is 24.6 Å². The fourth-order valence-electron chi connectivity index (χ4n) is 4.83. The number of hydrogen-bond acceptors (Lipinski definition) is 6. The average Bonchev–Trinajstić information content (AvgIpc) is 3.29. The smallest absolute Gasteiger partial charge is 0.324 e. The molecule has 11 nitrogen and oxygen atoms in total. The van der Waals surface area contributed by atoms with Crippen LogP contribution in [0.5, 0.6) is 0 Å². The van der Waals surface area contributed by atoms with Crippen molar-refractivity contribution in [3.8, 4) is 0 Å². The standard InChI is InChI=1S/C23H33N7O4S/c1-27-15-21(11-26-27)35(32,33)29-8-6-17(7-9-29)12-28-13-18(16-34-2)14-30(23(28)31)20-5-3-4-19(10-20)22(24)25/h3-5,10-11,15,17-18H,6-9,12-14,16H2,1-2H3,(H3,24,25). The molecule has 0 radical (unpaired) electrons. The van der Waals surface area contributed by atoms with Gasteiger partial charge in [-0.2, -0.15) is 9.40 Å². The number of nitrogens with one attached hydrogen (secondary N) is 1. The molecular formula is C23H33N7O4S. The predicted molar refractivity (Wildman–Crippen MR) is 132 cm³/mol. The summed E-state index contributed by atoms with van der Waals surface area (Å²) in [5, 5.41) is 11.7. The van der Waals surface area contributed by atoms with Gasteiger partial charge in [0.25, 0.3) is 0 Å². The Morgan fingerprint density at radius 2 is 1.97 bits per heavy atom. The van der Waals surface area contributed by atoms with E-state index in [0.717, 1.165) is 0 Å². The van der Waals surface area contributed by atoms with Crippen molar-refractivity contribution in [2.75, 3.05) is 51.3 Å². The van der Waals surface area contributed by atoms with E-state index in [1.807, 2.05) is 11.0 Å². The number of hydrogen-bond donors (Lipinski definition) is 2. The summed E-state index contributed by atoms with van der Waals surface area (Å²) in [6.45, 7) is 3.01. The molecule has 1 unspecified atom stereocenters. The van der Waals surface area contributed by atoms with Crippen LogP contribution in [0.1, 0.15) is 18.4 Å². The van der Waals surface area contributed by atoms with Crippen molar-refractivity contribution in [1.82, 2.24) is 19.0 Å². The van der Waals surface area contributed by atoms with Crippen LogP contribution in [-0.2, 0) is 21.8 Å². The van der Waals surface area contributed by atoms with E-state index in [1.54, 1.807) is 37.3 Å². The number of amides is 2. The number of amidine groups is 1. The molecule has 2 fully saturated rings. The van der Waals surface area contributed by atoms with Gasteiger partial charge in [0.1, 0.15) is 10.7 Å². The second-order valence-electron chi connectivity index (χ2n) is 9.28. The molecule has 35 heavy (non-hydrogen) atoms. The zero-order valence-electron chi connectivity index (χ0n) is 20.1. The lowest BCUT2D eigenvalue weighted by Gasteiger charge is -2.42. The van der Waals surface area contributed by atoms with Crippen molar-refractivity contribution >= 4 is 27.6 Å². The Hall–Kier alpha value is -2.96. The van der Waals surface area contributed by atoms with Crippen molar-refractivity contribution in [2.45, 2.75) is 17.7 Å². The number of nitrogens with zero attached hydrogens (tertiary/aromatic N) is 5. The Bertz CT molecular complexity index is 1170. The number of aryl methyl sites for hydroxylation is 1. The van der Waals surface area contributed by atoms with E-state index < -0.39 is 10.0 Å². The number of nitrogens with two attached hydrogens (primary N) is 1. The average molecular weight is 504 g/mol. The summed E-state index contributed by atoms with van der Waals surface area (Å²) in [4.78, 5) is 17.2. The highest BCUT2D eigenvalue weighted by atomic mass is 32.2. The lowest BCUT2D eigenvalue weighted by Crippen LogP contribution is -2.56. The maximum Gasteiger partial charge on any atom is 0.324 e. The van der Waals surface area contributed by atoms with Gasteiger partial charge in [-0.1, -0.05) is 12.1 Å². The van der Waals surface area contributed by atoms with Crippen LogP contribution in [0.15, 0.2) is 41.6 Å². The lowest BCUT2D eigenvalue weighted by atomic mass is 9.96. The number of carbonyl (C=O) groups is 1. The van der Waals surface area contributed by atoms with E-state index >= 15 is 0 Å². The van der Waals surface area contributed by atoms with Gasteiger partial charge in [-0.05, 0) is 30.9 Å². The third kappa shape index (κ3) is 5.49. The molecular weight excluding hydrogens is 470 g/mol. The third-order valence-corrected chi connectivity index (χ3v) is 8.51. The van der Waals surface area contributed by atoms with Crippen molar-refractivity contribution in [1.29, 1.82) is 5.41 Å². The van der Waals surface area contributed by atoms with Crippen molar-refractivity contribution in [3.63, 3.8) is 0 Å². The van der Waals surface area contributed by atoms with Crippen molar-refractivity contribution < 1.29 is 17.9 Å².